The van der Waals surface area contributed by atoms with E-state index >= 15 is 0 Å². The summed E-state index contributed by atoms with van der Waals surface area (Å²) in [5.74, 6) is 8.18. The summed E-state index contributed by atoms with van der Waals surface area (Å²) >= 11 is 0. The molecular weight excluding hydrogens is 256 g/mol. The maximum absolute atomic E-state index is 5.72. The van der Waals surface area contributed by atoms with Crippen molar-refractivity contribution in [2.45, 2.75) is 32.7 Å². The van der Waals surface area contributed by atoms with E-state index in [9.17, 15) is 0 Å². The van der Waals surface area contributed by atoms with E-state index in [1.54, 1.807) is 21.3 Å². The smallest absolute Gasteiger partial charge is 0.203 e. The molecule has 0 bridgehead atoms. The van der Waals surface area contributed by atoms with Gasteiger partial charge in [-0.1, -0.05) is 20.3 Å². The lowest BCUT2D eigenvalue weighted by molar-refractivity contribution is 0.315. The van der Waals surface area contributed by atoms with Crippen LogP contribution in [0, 0.1) is 5.92 Å². The van der Waals surface area contributed by atoms with Crippen LogP contribution in [0.3, 0.4) is 0 Å². The Balaban J connectivity index is 3.21. The summed E-state index contributed by atoms with van der Waals surface area (Å²) in [5, 5.41) is 0. The average molecular weight is 282 g/mol. The third-order valence-corrected chi connectivity index (χ3v) is 3.65. The van der Waals surface area contributed by atoms with E-state index in [1.807, 2.05) is 12.1 Å². The summed E-state index contributed by atoms with van der Waals surface area (Å²) in [4.78, 5) is 0. The second-order valence-corrected chi connectivity index (χ2v) is 4.89. The number of rotatable bonds is 8. The van der Waals surface area contributed by atoms with Crippen LogP contribution in [0.25, 0.3) is 0 Å². The lowest BCUT2D eigenvalue weighted by Crippen LogP contribution is -2.29. The van der Waals surface area contributed by atoms with Crippen LogP contribution < -0.4 is 25.5 Å². The van der Waals surface area contributed by atoms with Crippen molar-refractivity contribution < 1.29 is 14.2 Å². The number of nitrogens with one attached hydrogen (secondary N) is 1. The fourth-order valence-electron chi connectivity index (χ4n) is 2.25. The molecular formula is C15H26N2O3. The van der Waals surface area contributed by atoms with Gasteiger partial charge in [0.2, 0.25) is 5.75 Å². The molecule has 3 N–H and O–H groups in total. The van der Waals surface area contributed by atoms with Crippen molar-refractivity contribution in [3.8, 4) is 17.2 Å². The highest BCUT2D eigenvalue weighted by Crippen LogP contribution is 2.43. The summed E-state index contributed by atoms with van der Waals surface area (Å²) in [5.41, 5.74) is 3.85. The van der Waals surface area contributed by atoms with Crippen molar-refractivity contribution in [2.24, 2.45) is 11.8 Å². The lowest BCUT2D eigenvalue weighted by Gasteiger charge is -2.23. The minimum Gasteiger partial charge on any atom is -0.493 e. The second-order valence-electron chi connectivity index (χ2n) is 4.89. The molecule has 5 heteroatoms. The Labute approximate surface area is 121 Å². The first-order valence-electron chi connectivity index (χ1n) is 6.87. The van der Waals surface area contributed by atoms with Crippen LogP contribution >= 0.6 is 0 Å². The molecule has 0 aliphatic carbocycles. The zero-order valence-electron chi connectivity index (χ0n) is 13.0. The van der Waals surface area contributed by atoms with Crippen molar-refractivity contribution in [1.82, 2.24) is 5.43 Å². The zero-order valence-corrected chi connectivity index (χ0v) is 13.0. The molecule has 114 valence electrons. The molecule has 0 saturated carbocycles. The van der Waals surface area contributed by atoms with Gasteiger partial charge in [0, 0.05) is 5.56 Å². The molecule has 5 nitrogen and oxygen atoms in total. The van der Waals surface area contributed by atoms with Gasteiger partial charge in [0.05, 0.1) is 27.4 Å². The summed E-state index contributed by atoms with van der Waals surface area (Å²) in [6.07, 6.45) is 2.03. The van der Waals surface area contributed by atoms with Gasteiger partial charge in [0.25, 0.3) is 0 Å². The van der Waals surface area contributed by atoms with E-state index in [4.69, 9.17) is 20.1 Å². The number of ether oxygens (including phenoxy) is 3. The summed E-state index contributed by atoms with van der Waals surface area (Å²) < 4.78 is 16.2. The number of hydrazine groups is 1. The Morgan fingerprint density at radius 2 is 1.75 bits per heavy atom. The average Bonchev–Trinajstić information content (AvgIpc) is 2.50. The molecule has 2 atom stereocenters. The SMILES string of the molecule is CCC(C)CC(NN)c1ccc(OC)c(OC)c1OC. The van der Waals surface area contributed by atoms with E-state index in [0.29, 0.717) is 23.2 Å². The summed E-state index contributed by atoms with van der Waals surface area (Å²) in [6, 6.07) is 3.85. The van der Waals surface area contributed by atoms with Gasteiger partial charge < -0.3 is 14.2 Å². The molecule has 2 unspecified atom stereocenters. The topological polar surface area (TPSA) is 65.7 Å². The van der Waals surface area contributed by atoms with E-state index < -0.39 is 0 Å². The van der Waals surface area contributed by atoms with E-state index in [0.717, 1.165) is 18.4 Å². The Morgan fingerprint density at radius 1 is 1.10 bits per heavy atom. The molecule has 1 aromatic carbocycles. The summed E-state index contributed by atoms with van der Waals surface area (Å²) in [7, 11) is 4.83. The van der Waals surface area contributed by atoms with Crippen LogP contribution in [0.4, 0.5) is 0 Å². The van der Waals surface area contributed by atoms with Crippen LogP contribution in [-0.2, 0) is 0 Å². The standard InChI is InChI=1S/C15H26N2O3/c1-6-10(2)9-12(17-16)11-7-8-13(18-3)15(20-5)14(11)19-4/h7-8,10,12,17H,6,9,16H2,1-5H3. The third kappa shape index (κ3) is 3.55. The van der Waals surface area contributed by atoms with Gasteiger partial charge in [-0.25, -0.2) is 0 Å². The van der Waals surface area contributed by atoms with Crippen molar-refractivity contribution in [1.29, 1.82) is 0 Å². The van der Waals surface area contributed by atoms with Gasteiger partial charge in [-0.3, -0.25) is 11.3 Å². The Kier molecular flexibility index (Phi) is 6.61. The molecule has 0 aromatic heterocycles. The fourth-order valence-corrected chi connectivity index (χ4v) is 2.25. The van der Waals surface area contributed by atoms with Gasteiger partial charge in [-0.05, 0) is 24.5 Å². The van der Waals surface area contributed by atoms with Crippen LogP contribution in [0.1, 0.15) is 38.3 Å². The highest BCUT2D eigenvalue weighted by atomic mass is 16.5. The highest BCUT2D eigenvalue weighted by molar-refractivity contribution is 5.56. The molecule has 20 heavy (non-hydrogen) atoms. The van der Waals surface area contributed by atoms with Crippen LogP contribution in [0.15, 0.2) is 12.1 Å². The third-order valence-electron chi connectivity index (χ3n) is 3.65. The summed E-state index contributed by atoms with van der Waals surface area (Å²) in [6.45, 7) is 4.38. The van der Waals surface area contributed by atoms with Gasteiger partial charge in [-0.15, -0.1) is 0 Å². The van der Waals surface area contributed by atoms with Crippen molar-refractivity contribution in [3.05, 3.63) is 17.7 Å². The van der Waals surface area contributed by atoms with Gasteiger partial charge in [0.1, 0.15) is 0 Å². The van der Waals surface area contributed by atoms with Crippen LogP contribution in [0.5, 0.6) is 17.2 Å². The number of hydrogen-bond acceptors (Lipinski definition) is 5. The first-order valence-corrected chi connectivity index (χ1v) is 6.87. The van der Waals surface area contributed by atoms with E-state index in [-0.39, 0.29) is 6.04 Å². The van der Waals surface area contributed by atoms with Crippen molar-refractivity contribution in [2.75, 3.05) is 21.3 Å². The predicted octanol–water partition coefficient (Wildman–Crippen LogP) is 2.65. The van der Waals surface area contributed by atoms with Crippen LogP contribution in [0.2, 0.25) is 0 Å². The fraction of sp³-hybridized carbons (Fsp3) is 0.600. The van der Waals surface area contributed by atoms with E-state index in [1.165, 1.54) is 0 Å². The minimum absolute atomic E-state index is 0.0136. The molecule has 0 saturated heterocycles. The normalized spacial score (nSPS) is 13.7. The first-order chi connectivity index (χ1) is 9.62. The maximum atomic E-state index is 5.72. The molecule has 0 aliphatic rings. The Bertz CT molecular complexity index is 424. The molecule has 0 heterocycles. The maximum Gasteiger partial charge on any atom is 0.203 e. The van der Waals surface area contributed by atoms with Gasteiger partial charge >= 0.3 is 0 Å². The number of hydrogen-bond donors (Lipinski definition) is 2. The van der Waals surface area contributed by atoms with Crippen molar-refractivity contribution in [3.63, 3.8) is 0 Å². The van der Waals surface area contributed by atoms with E-state index in [2.05, 4.69) is 19.3 Å². The molecule has 0 fully saturated rings. The largest absolute Gasteiger partial charge is 0.493 e. The number of benzene rings is 1. The van der Waals surface area contributed by atoms with Gasteiger partial charge in [-0.2, -0.15) is 0 Å². The quantitative estimate of drug-likeness (QED) is 0.567. The van der Waals surface area contributed by atoms with Gasteiger partial charge in [0.15, 0.2) is 11.5 Å². The highest BCUT2D eigenvalue weighted by Gasteiger charge is 2.22. The molecule has 1 aromatic rings. The molecule has 0 radical (unpaired) electrons. The first kappa shape index (κ1) is 16.6. The van der Waals surface area contributed by atoms with Crippen molar-refractivity contribution >= 4 is 0 Å². The number of nitrogens with two attached hydrogens (primary N) is 1. The second kappa shape index (κ2) is 7.97. The predicted molar refractivity (Wildman–Crippen MR) is 80.2 cm³/mol. The molecule has 1 rings (SSSR count). The molecule has 0 spiro atoms. The number of methoxy groups -OCH3 is 3. The zero-order chi connectivity index (χ0) is 15.1. The Hall–Kier alpha value is -1.46. The Morgan fingerprint density at radius 3 is 2.20 bits per heavy atom. The molecule has 0 aliphatic heterocycles. The molecule has 0 amide bonds. The minimum atomic E-state index is 0.0136. The van der Waals surface area contributed by atoms with Crippen LogP contribution in [-0.4, -0.2) is 21.3 Å². The monoisotopic (exact) mass is 282 g/mol. The lowest BCUT2D eigenvalue weighted by atomic mass is 9.94.